The van der Waals surface area contributed by atoms with Gasteiger partial charge in [0.2, 0.25) is 5.92 Å². The highest BCUT2D eigenvalue weighted by atomic mass is 19.3. The maximum absolute atomic E-state index is 13.1. The van der Waals surface area contributed by atoms with Crippen molar-refractivity contribution in [2.75, 3.05) is 6.54 Å². The van der Waals surface area contributed by atoms with Crippen molar-refractivity contribution in [2.24, 2.45) is 5.92 Å². The van der Waals surface area contributed by atoms with Crippen LogP contribution in [0.4, 0.5) is 13.2 Å². The molecule has 1 aliphatic rings. The minimum absolute atomic E-state index is 0.0372. The lowest BCUT2D eigenvalue weighted by Gasteiger charge is -2.34. The maximum atomic E-state index is 13.1. The van der Waals surface area contributed by atoms with E-state index in [1.54, 1.807) is 0 Å². The van der Waals surface area contributed by atoms with Gasteiger partial charge in [0, 0.05) is 25.5 Å². The predicted octanol–water partition coefficient (Wildman–Crippen LogP) is 2.71. The summed E-state index contributed by atoms with van der Waals surface area (Å²) in [6, 6.07) is 4.37. The van der Waals surface area contributed by atoms with E-state index >= 15 is 0 Å². The summed E-state index contributed by atoms with van der Waals surface area (Å²) < 4.78 is 43.7. The van der Waals surface area contributed by atoms with Gasteiger partial charge in [-0.15, -0.1) is 0 Å². The summed E-state index contributed by atoms with van der Waals surface area (Å²) in [5.74, 6) is -4.38. The summed E-state index contributed by atoms with van der Waals surface area (Å²) in [7, 11) is 0. The third kappa shape index (κ3) is 2.84. The highest BCUT2D eigenvalue weighted by Gasteiger charge is 2.45. The Labute approximate surface area is 122 Å². The largest absolute Gasteiger partial charge is 0.451 e. The molecular formula is C15H12F3NO3. The second kappa shape index (κ2) is 5.15. The smallest absolute Gasteiger partial charge is 0.287 e. The van der Waals surface area contributed by atoms with Crippen molar-refractivity contribution in [3.05, 3.63) is 46.1 Å². The van der Waals surface area contributed by atoms with E-state index in [-0.39, 0.29) is 42.0 Å². The average Bonchev–Trinajstić information content (AvgIpc) is 2.43. The number of alkyl halides is 2. The first-order chi connectivity index (χ1) is 10.3. The fraction of sp³-hybridized carbons (Fsp3) is 0.333. The Morgan fingerprint density at radius 3 is 2.73 bits per heavy atom. The molecule has 116 valence electrons. The van der Waals surface area contributed by atoms with Crippen LogP contribution >= 0.6 is 0 Å². The van der Waals surface area contributed by atoms with Crippen LogP contribution in [0.5, 0.6) is 0 Å². The van der Waals surface area contributed by atoms with Gasteiger partial charge in [-0.05, 0) is 24.1 Å². The van der Waals surface area contributed by atoms with Crippen LogP contribution < -0.4 is 10.7 Å². The van der Waals surface area contributed by atoms with Crippen LogP contribution in [0.2, 0.25) is 0 Å². The lowest BCUT2D eigenvalue weighted by Crippen LogP contribution is -2.42. The van der Waals surface area contributed by atoms with Gasteiger partial charge in [-0.3, -0.25) is 9.59 Å². The number of halogens is 3. The topological polar surface area (TPSA) is 59.3 Å². The average molecular weight is 311 g/mol. The van der Waals surface area contributed by atoms with Gasteiger partial charge in [-0.1, -0.05) is 0 Å². The molecule has 2 aromatic rings. The van der Waals surface area contributed by atoms with Crippen LogP contribution in [0.25, 0.3) is 11.0 Å². The van der Waals surface area contributed by atoms with Crippen LogP contribution in [0.3, 0.4) is 0 Å². The zero-order valence-corrected chi connectivity index (χ0v) is 11.4. The van der Waals surface area contributed by atoms with Gasteiger partial charge < -0.3 is 9.73 Å². The molecule has 0 atom stereocenters. The molecule has 1 amide bonds. The zero-order chi connectivity index (χ0) is 15.9. The Balaban J connectivity index is 1.74. The molecule has 0 radical (unpaired) electrons. The minimum atomic E-state index is -2.64. The number of rotatable bonds is 3. The summed E-state index contributed by atoms with van der Waals surface area (Å²) in [4.78, 5) is 23.7. The number of carbonyl (C=O) groups excluding carboxylic acids is 1. The molecule has 4 nitrogen and oxygen atoms in total. The zero-order valence-electron chi connectivity index (χ0n) is 11.4. The van der Waals surface area contributed by atoms with E-state index in [1.807, 2.05) is 0 Å². The van der Waals surface area contributed by atoms with Crippen LogP contribution in [-0.2, 0) is 0 Å². The van der Waals surface area contributed by atoms with Gasteiger partial charge in [-0.2, -0.15) is 0 Å². The molecule has 1 aromatic carbocycles. The molecule has 1 N–H and O–H groups in total. The molecule has 0 saturated heterocycles. The SMILES string of the molecule is O=C(NCC1CC(F)(F)C1)c1cc(=O)c2cc(F)ccc2o1. The molecule has 3 rings (SSSR count). The third-order valence-electron chi connectivity index (χ3n) is 3.64. The molecule has 7 heteroatoms. The Morgan fingerprint density at radius 1 is 1.32 bits per heavy atom. The number of hydrogen-bond donors (Lipinski definition) is 1. The highest BCUT2D eigenvalue weighted by molar-refractivity contribution is 5.93. The van der Waals surface area contributed by atoms with Crippen molar-refractivity contribution >= 4 is 16.9 Å². The normalized spacial score (nSPS) is 17.2. The highest BCUT2D eigenvalue weighted by Crippen LogP contribution is 2.41. The minimum Gasteiger partial charge on any atom is -0.451 e. The molecule has 1 aromatic heterocycles. The van der Waals surface area contributed by atoms with Crippen molar-refractivity contribution in [3.8, 4) is 0 Å². The summed E-state index contributed by atoms with van der Waals surface area (Å²) in [6.45, 7) is 0.0968. The van der Waals surface area contributed by atoms with Gasteiger partial charge >= 0.3 is 0 Å². The summed E-state index contributed by atoms with van der Waals surface area (Å²) in [5.41, 5.74) is -0.449. The number of fused-ring (bicyclic) bond motifs is 1. The molecule has 22 heavy (non-hydrogen) atoms. The monoisotopic (exact) mass is 311 g/mol. The third-order valence-corrected chi connectivity index (χ3v) is 3.64. The van der Waals surface area contributed by atoms with E-state index in [0.29, 0.717) is 0 Å². The molecule has 1 saturated carbocycles. The first-order valence-electron chi connectivity index (χ1n) is 6.73. The quantitative estimate of drug-likeness (QED) is 0.948. The standard InChI is InChI=1S/C15H12F3NO3/c16-9-1-2-12-10(3-9)11(20)4-13(22-12)14(21)19-7-8-5-15(17,18)6-8/h1-4,8H,5-7H2,(H,19,21). The van der Waals surface area contributed by atoms with E-state index in [0.717, 1.165) is 18.2 Å². The Kier molecular flexibility index (Phi) is 3.42. The molecule has 1 fully saturated rings. The Morgan fingerprint density at radius 2 is 2.05 bits per heavy atom. The molecule has 0 unspecified atom stereocenters. The van der Waals surface area contributed by atoms with E-state index < -0.39 is 23.1 Å². The number of amides is 1. The van der Waals surface area contributed by atoms with E-state index in [4.69, 9.17) is 4.42 Å². The summed E-state index contributed by atoms with van der Waals surface area (Å²) in [6.07, 6.45) is -0.511. The molecule has 0 bridgehead atoms. The Hall–Kier alpha value is -2.31. The number of carbonyl (C=O) groups is 1. The molecule has 0 spiro atoms. The van der Waals surface area contributed by atoms with Crippen molar-refractivity contribution in [1.29, 1.82) is 0 Å². The van der Waals surface area contributed by atoms with E-state index in [1.165, 1.54) is 6.07 Å². The predicted molar refractivity (Wildman–Crippen MR) is 72.4 cm³/mol. The Bertz CT molecular complexity index is 792. The van der Waals surface area contributed by atoms with Crippen molar-refractivity contribution < 1.29 is 22.4 Å². The molecule has 1 heterocycles. The molecule has 0 aliphatic heterocycles. The van der Waals surface area contributed by atoms with Crippen molar-refractivity contribution in [2.45, 2.75) is 18.8 Å². The lowest BCUT2D eigenvalue weighted by atomic mass is 9.81. The van der Waals surface area contributed by atoms with Gasteiger partial charge in [0.1, 0.15) is 11.4 Å². The van der Waals surface area contributed by atoms with Crippen LogP contribution in [0.15, 0.2) is 33.5 Å². The van der Waals surface area contributed by atoms with Gasteiger partial charge in [0.15, 0.2) is 11.2 Å². The molecular weight excluding hydrogens is 299 g/mol. The lowest BCUT2D eigenvalue weighted by molar-refractivity contribution is -0.108. The second-order valence-electron chi connectivity index (χ2n) is 5.46. The first-order valence-corrected chi connectivity index (χ1v) is 6.73. The van der Waals surface area contributed by atoms with Crippen molar-refractivity contribution in [3.63, 3.8) is 0 Å². The van der Waals surface area contributed by atoms with Gasteiger partial charge in [-0.25, -0.2) is 13.2 Å². The first kappa shape index (κ1) is 14.6. The fourth-order valence-corrected chi connectivity index (χ4v) is 2.49. The van der Waals surface area contributed by atoms with E-state index in [9.17, 15) is 22.8 Å². The number of nitrogens with one attached hydrogen (secondary N) is 1. The fourth-order valence-electron chi connectivity index (χ4n) is 2.49. The second-order valence-corrected chi connectivity index (χ2v) is 5.46. The summed E-state index contributed by atoms with van der Waals surface area (Å²) in [5, 5.41) is 2.50. The van der Waals surface area contributed by atoms with Crippen LogP contribution in [-0.4, -0.2) is 18.4 Å². The summed E-state index contributed by atoms with van der Waals surface area (Å²) >= 11 is 0. The van der Waals surface area contributed by atoms with Gasteiger partial charge in [0.25, 0.3) is 5.91 Å². The van der Waals surface area contributed by atoms with Crippen molar-refractivity contribution in [1.82, 2.24) is 5.32 Å². The van der Waals surface area contributed by atoms with Gasteiger partial charge in [0.05, 0.1) is 5.39 Å². The molecule has 1 aliphatic carbocycles. The number of benzene rings is 1. The van der Waals surface area contributed by atoms with E-state index in [2.05, 4.69) is 5.32 Å². The van der Waals surface area contributed by atoms with Crippen LogP contribution in [0, 0.1) is 11.7 Å². The number of hydrogen-bond acceptors (Lipinski definition) is 3. The van der Waals surface area contributed by atoms with Crippen LogP contribution in [0.1, 0.15) is 23.4 Å². The maximum Gasteiger partial charge on any atom is 0.287 e.